The van der Waals surface area contributed by atoms with Crippen LogP contribution in [0.5, 0.6) is 0 Å². The Morgan fingerprint density at radius 3 is 2.27 bits per heavy atom. The molecule has 1 atom stereocenters. The Balaban J connectivity index is 2.56. The third-order valence-electron chi connectivity index (χ3n) is 5.32. The van der Waals surface area contributed by atoms with E-state index in [0.29, 0.717) is 16.4 Å². The molecule has 1 heterocycles. The molecule has 0 aromatic heterocycles. The molecule has 0 spiro atoms. The van der Waals surface area contributed by atoms with E-state index in [4.69, 9.17) is 0 Å². The number of hydrogen-bond acceptors (Lipinski definition) is 5. The molecule has 2 aromatic carbocycles. The topological polar surface area (TPSA) is 112 Å². The molecule has 0 bridgehead atoms. The second-order valence-electron chi connectivity index (χ2n) is 7.66. The van der Waals surface area contributed by atoms with Crippen LogP contribution in [0.4, 0.5) is 5.69 Å². The zero-order chi connectivity index (χ0) is 19.7. The lowest BCUT2D eigenvalue weighted by molar-refractivity contribution is 0.318. The van der Waals surface area contributed by atoms with E-state index in [9.17, 15) is 25.9 Å². The molecule has 0 amide bonds. The summed E-state index contributed by atoms with van der Waals surface area (Å²) in [6, 6.07) is 5.12. The van der Waals surface area contributed by atoms with E-state index in [0.717, 1.165) is 23.9 Å². The maximum absolute atomic E-state index is 11.9. The number of hydrogen-bond donors (Lipinski definition) is 1. The Morgan fingerprint density at radius 2 is 1.77 bits per heavy atom. The first-order valence-corrected chi connectivity index (χ1v) is 11.0. The number of fused-ring (bicyclic) bond motifs is 3. The highest BCUT2D eigenvalue weighted by Crippen LogP contribution is 2.49. The van der Waals surface area contributed by atoms with Gasteiger partial charge in [-0.2, -0.15) is 8.42 Å². The molecule has 1 aliphatic heterocycles. The molecule has 9 heteroatoms. The minimum Gasteiger partial charge on any atom is -0.744 e. The van der Waals surface area contributed by atoms with Crippen LogP contribution in [0.3, 0.4) is 0 Å². The lowest BCUT2D eigenvalue weighted by atomic mass is 9.83. The van der Waals surface area contributed by atoms with Gasteiger partial charge in [0, 0.05) is 22.4 Å². The molecule has 142 valence electrons. The maximum atomic E-state index is 11.9. The smallest absolute Gasteiger partial charge is 0.294 e. The van der Waals surface area contributed by atoms with Crippen LogP contribution >= 0.6 is 0 Å². The molecule has 0 saturated heterocycles. The van der Waals surface area contributed by atoms with Gasteiger partial charge in [-0.05, 0) is 24.4 Å². The van der Waals surface area contributed by atoms with E-state index in [1.54, 1.807) is 0 Å². The molecule has 1 aliphatic rings. The van der Waals surface area contributed by atoms with Crippen LogP contribution in [0, 0.1) is 0 Å². The second-order valence-corrected chi connectivity index (χ2v) is 10.4. The van der Waals surface area contributed by atoms with Gasteiger partial charge in [0.1, 0.15) is 15.8 Å². The molecule has 0 radical (unpaired) electrons. The van der Waals surface area contributed by atoms with E-state index in [2.05, 4.69) is 0 Å². The van der Waals surface area contributed by atoms with E-state index < -0.39 is 30.0 Å². The van der Waals surface area contributed by atoms with Gasteiger partial charge in [0.25, 0.3) is 10.1 Å². The SMILES string of the molecule is CC[N+]1(C)CC(C)(C)c2c1cc(S(=O)(=O)[O-])c1cc(S(=O)(=O)O)ccc21. The van der Waals surface area contributed by atoms with Gasteiger partial charge < -0.3 is 4.55 Å². The van der Waals surface area contributed by atoms with Crippen molar-refractivity contribution in [2.24, 2.45) is 0 Å². The Hall–Kier alpha value is -1.52. The first-order valence-electron chi connectivity index (χ1n) is 8.10. The second kappa shape index (κ2) is 5.49. The van der Waals surface area contributed by atoms with Crippen LogP contribution in [0.1, 0.15) is 26.3 Å². The Labute approximate surface area is 153 Å². The van der Waals surface area contributed by atoms with E-state index in [1.165, 1.54) is 18.2 Å². The van der Waals surface area contributed by atoms with Gasteiger partial charge in [-0.15, -0.1) is 0 Å². The zero-order valence-electron chi connectivity index (χ0n) is 15.0. The van der Waals surface area contributed by atoms with Gasteiger partial charge in [-0.3, -0.25) is 9.04 Å². The molecular weight excluding hydrogens is 378 g/mol. The van der Waals surface area contributed by atoms with Crippen LogP contribution in [0.2, 0.25) is 0 Å². The first kappa shape index (κ1) is 19.2. The molecular formula is C17H21NO6S2. The van der Waals surface area contributed by atoms with Crippen LogP contribution < -0.4 is 4.48 Å². The number of likely N-dealkylation sites (N-methyl/N-ethyl adjacent to an activating group) is 1. The van der Waals surface area contributed by atoms with Crippen LogP contribution in [-0.4, -0.2) is 46.1 Å². The molecule has 0 saturated carbocycles. The van der Waals surface area contributed by atoms with Crippen LogP contribution in [0.25, 0.3) is 10.8 Å². The number of nitrogens with zero attached hydrogens (tertiary/aromatic N) is 1. The van der Waals surface area contributed by atoms with Crippen molar-refractivity contribution in [3.63, 3.8) is 0 Å². The number of benzene rings is 2. The average Bonchev–Trinajstić information content (AvgIpc) is 2.71. The summed E-state index contributed by atoms with van der Waals surface area (Å²) in [4.78, 5) is -0.911. The lowest BCUT2D eigenvalue weighted by Crippen LogP contribution is -2.46. The van der Waals surface area contributed by atoms with E-state index in [-0.39, 0.29) is 10.8 Å². The summed E-state index contributed by atoms with van der Waals surface area (Å²) >= 11 is 0. The molecule has 0 fully saturated rings. The average molecular weight is 399 g/mol. The van der Waals surface area contributed by atoms with Gasteiger partial charge in [0.2, 0.25) is 0 Å². The van der Waals surface area contributed by atoms with Crippen molar-refractivity contribution < 1.29 is 25.9 Å². The van der Waals surface area contributed by atoms with E-state index in [1.807, 2.05) is 27.8 Å². The molecule has 26 heavy (non-hydrogen) atoms. The van der Waals surface area contributed by atoms with Crippen molar-refractivity contribution in [3.8, 4) is 0 Å². The van der Waals surface area contributed by atoms with Gasteiger partial charge in [0.05, 0.1) is 29.9 Å². The summed E-state index contributed by atoms with van der Waals surface area (Å²) in [7, 11) is -7.39. The Kier molecular flexibility index (Phi) is 4.07. The van der Waals surface area contributed by atoms with Crippen molar-refractivity contribution in [2.45, 2.75) is 36.0 Å². The Morgan fingerprint density at radius 1 is 1.15 bits per heavy atom. The first-order chi connectivity index (χ1) is 11.7. The Bertz CT molecular complexity index is 1140. The van der Waals surface area contributed by atoms with Crippen LogP contribution in [-0.2, 0) is 25.7 Å². The molecule has 0 aliphatic carbocycles. The quantitative estimate of drug-likeness (QED) is 0.626. The van der Waals surface area contributed by atoms with Crippen molar-refractivity contribution in [2.75, 3.05) is 20.1 Å². The zero-order valence-corrected chi connectivity index (χ0v) is 16.6. The van der Waals surface area contributed by atoms with Gasteiger partial charge in [-0.1, -0.05) is 19.9 Å². The molecule has 1 unspecified atom stereocenters. The fraction of sp³-hybridized carbons (Fsp3) is 0.412. The fourth-order valence-corrected chi connectivity index (χ4v) is 5.38. The third kappa shape index (κ3) is 2.84. The van der Waals surface area contributed by atoms with Crippen molar-refractivity contribution >= 4 is 36.7 Å². The van der Waals surface area contributed by atoms with Crippen molar-refractivity contribution in [3.05, 3.63) is 29.8 Å². The number of rotatable bonds is 3. The largest absolute Gasteiger partial charge is 0.744 e. The maximum Gasteiger partial charge on any atom is 0.294 e. The predicted octanol–water partition coefficient (Wildman–Crippen LogP) is 2.24. The van der Waals surface area contributed by atoms with Gasteiger partial charge in [0.15, 0.2) is 0 Å². The fourth-order valence-electron chi connectivity index (χ4n) is 4.18. The summed E-state index contributed by atoms with van der Waals surface area (Å²) in [6.45, 7) is 7.49. The van der Waals surface area contributed by atoms with Gasteiger partial charge in [-0.25, -0.2) is 8.42 Å². The predicted molar refractivity (Wildman–Crippen MR) is 97.9 cm³/mol. The molecule has 3 rings (SSSR count). The monoisotopic (exact) mass is 399 g/mol. The standard InChI is InChI=1S/C17H21NO6S2/c1-5-18(4)10-17(2,3)16-12-7-6-11(25(19,20)21)8-13(12)15(9-14(16)18)26(22,23)24/h6-9H,5,10H2,1-4H3,(H-,19,20,21,22,23,24). The summed E-state index contributed by atoms with van der Waals surface area (Å²) in [6.07, 6.45) is 0. The van der Waals surface area contributed by atoms with Gasteiger partial charge >= 0.3 is 0 Å². The summed E-state index contributed by atoms with van der Waals surface area (Å²) in [5.74, 6) is 0. The highest BCUT2D eigenvalue weighted by Gasteiger charge is 2.47. The third-order valence-corrected chi connectivity index (χ3v) is 7.04. The number of quaternary nitrogens is 1. The van der Waals surface area contributed by atoms with Crippen molar-refractivity contribution in [1.82, 2.24) is 4.48 Å². The molecule has 7 nitrogen and oxygen atoms in total. The van der Waals surface area contributed by atoms with E-state index >= 15 is 0 Å². The molecule has 1 N–H and O–H groups in total. The van der Waals surface area contributed by atoms with Crippen molar-refractivity contribution in [1.29, 1.82) is 0 Å². The van der Waals surface area contributed by atoms with Crippen LogP contribution in [0.15, 0.2) is 34.1 Å². The minimum absolute atomic E-state index is 0.0199. The minimum atomic E-state index is -4.85. The summed E-state index contributed by atoms with van der Waals surface area (Å²) in [5.41, 5.74) is 1.34. The summed E-state index contributed by atoms with van der Waals surface area (Å²) < 4.78 is 68.4. The lowest BCUT2D eigenvalue weighted by Gasteiger charge is -2.30. The summed E-state index contributed by atoms with van der Waals surface area (Å²) in [5, 5.41) is 0.538. The molecule has 2 aromatic rings. The normalized spacial score (nSPS) is 22.5. The highest BCUT2D eigenvalue weighted by atomic mass is 32.2. The highest BCUT2D eigenvalue weighted by molar-refractivity contribution is 7.86.